The highest BCUT2D eigenvalue weighted by Crippen LogP contribution is 2.26. The maximum atomic E-state index is 12.3. The molecule has 0 atom stereocenters. The lowest BCUT2D eigenvalue weighted by atomic mass is 10.1. The number of carbonyl (C=O) groups is 1. The van der Waals surface area contributed by atoms with Crippen molar-refractivity contribution in [1.82, 2.24) is 0 Å². The molecule has 0 aliphatic heterocycles. The van der Waals surface area contributed by atoms with Gasteiger partial charge in [0.05, 0.1) is 25.5 Å². The van der Waals surface area contributed by atoms with Crippen molar-refractivity contribution in [3.05, 3.63) is 59.9 Å². The van der Waals surface area contributed by atoms with Gasteiger partial charge in [0.15, 0.2) is 0 Å². The molecule has 4 heteroatoms. The monoisotopic (exact) mass is 295 g/mol. The van der Waals surface area contributed by atoms with Crippen LogP contribution in [0.2, 0.25) is 0 Å². The van der Waals surface area contributed by atoms with E-state index in [-0.39, 0.29) is 12.3 Å². The standard InChI is InChI=1S/C18H17NO3/c1-12-7-8-17(21-2)15(9-12)19-18(20)10-13-11-22-16-6-4-3-5-14(13)16/h3-9,11H,10H2,1-2H3,(H,19,20). The second-order valence-electron chi connectivity index (χ2n) is 5.19. The molecule has 0 saturated heterocycles. The lowest BCUT2D eigenvalue weighted by Crippen LogP contribution is -2.15. The van der Waals surface area contributed by atoms with E-state index in [9.17, 15) is 4.79 Å². The quantitative estimate of drug-likeness (QED) is 0.793. The lowest BCUT2D eigenvalue weighted by Gasteiger charge is -2.10. The van der Waals surface area contributed by atoms with Gasteiger partial charge < -0.3 is 14.5 Å². The Labute approximate surface area is 128 Å². The number of carbonyl (C=O) groups excluding carboxylic acids is 1. The van der Waals surface area contributed by atoms with E-state index in [0.29, 0.717) is 11.4 Å². The van der Waals surface area contributed by atoms with Gasteiger partial charge in [0, 0.05) is 10.9 Å². The van der Waals surface area contributed by atoms with Crippen LogP contribution in [0.25, 0.3) is 11.0 Å². The van der Waals surface area contributed by atoms with Gasteiger partial charge in [-0.05, 0) is 30.7 Å². The Morgan fingerprint density at radius 3 is 2.86 bits per heavy atom. The number of rotatable bonds is 4. The Morgan fingerprint density at radius 2 is 2.05 bits per heavy atom. The molecular weight excluding hydrogens is 278 g/mol. The first-order chi connectivity index (χ1) is 10.7. The molecule has 3 aromatic rings. The normalized spacial score (nSPS) is 10.6. The number of hydrogen-bond acceptors (Lipinski definition) is 3. The van der Waals surface area contributed by atoms with Gasteiger partial charge in [0.1, 0.15) is 11.3 Å². The summed E-state index contributed by atoms with van der Waals surface area (Å²) in [7, 11) is 1.59. The number of nitrogens with one attached hydrogen (secondary N) is 1. The molecule has 3 rings (SSSR count). The van der Waals surface area contributed by atoms with Crippen LogP contribution in [0.5, 0.6) is 5.75 Å². The summed E-state index contributed by atoms with van der Waals surface area (Å²) in [4.78, 5) is 12.3. The molecule has 1 aromatic heterocycles. The van der Waals surface area contributed by atoms with Crippen molar-refractivity contribution in [2.45, 2.75) is 13.3 Å². The third kappa shape index (κ3) is 2.81. The van der Waals surface area contributed by atoms with Crippen LogP contribution in [0.3, 0.4) is 0 Å². The van der Waals surface area contributed by atoms with E-state index in [1.54, 1.807) is 13.4 Å². The van der Waals surface area contributed by atoms with Crippen LogP contribution >= 0.6 is 0 Å². The number of benzene rings is 2. The minimum atomic E-state index is -0.101. The van der Waals surface area contributed by atoms with Gasteiger partial charge in [-0.1, -0.05) is 24.3 Å². The van der Waals surface area contributed by atoms with Crippen molar-refractivity contribution in [3.63, 3.8) is 0 Å². The van der Waals surface area contributed by atoms with Crippen molar-refractivity contribution in [3.8, 4) is 5.75 Å². The molecule has 112 valence electrons. The zero-order valence-electron chi connectivity index (χ0n) is 12.6. The number of hydrogen-bond donors (Lipinski definition) is 1. The van der Waals surface area contributed by atoms with Crippen LogP contribution in [-0.4, -0.2) is 13.0 Å². The topological polar surface area (TPSA) is 51.5 Å². The van der Waals surface area contributed by atoms with Crippen LogP contribution in [0.4, 0.5) is 5.69 Å². The molecule has 4 nitrogen and oxygen atoms in total. The molecule has 0 fully saturated rings. The SMILES string of the molecule is COc1ccc(C)cc1NC(=O)Cc1coc2ccccc12. The highest BCUT2D eigenvalue weighted by Gasteiger charge is 2.12. The minimum Gasteiger partial charge on any atom is -0.495 e. The third-order valence-electron chi connectivity index (χ3n) is 3.54. The number of anilines is 1. The molecule has 22 heavy (non-hydrogen) atoms. The first-order valence-corrected chi connectivity index (χ1v) is 7.07. The Bertz CT molecular complexity index is 820. The number of fused-ring (bicyclic) bond motifs is 1. The minimum absolute atomic E-state index is 0.101. The van der Waals surface area contributed by atoms with Gasteiger partial charge in [-0.15, -0.1) is 0 Å². The highest BCUT2D eigenvalue weighted by molar-refractivity contribution is 5.96. The van der Waals surface area contributed by atoms with Crippen LogP contribution in [0.1, 0.15) is 11.1 Å². The Balaban J connectivity index is 1.79. The van der Waals surface area contributed by atoms with Gasteiger partial charge in [-0.25, -0.2) is 0 Å². The summed E-state index contributed by atoms with van der Waals surface area (Å²) in [5, 5.41) is 3.87. The van der Waals surface area contributed by atoms with Gasteiger partial charge in [0.25, 0.3) is 0 Å². The molecule has 0 aliphatic carbocycles. The first-order valence-electron chi connectivity index (χ1n) is 7.07. The zero-order valence-corrected chi connectivity index (χ0v) is 12.6. The molecule has 0 bridgehead atoms. The Kier molecular flexibility index (Phi) is 3.83. The number of furan rings is 1. The number of methoxy groups -OCH3 is 1. The predicted molar refractivity (Wildman–Crippen MR) is 86.3 cm³/mol. The molecule has 1 heterocycles. The van der Waals surface area contributed by atoms with Crippen molar-refractivity contribution >= 4 is 22.6 Å². The first kappa shape index (κ1) is 14.2. The number of amides is 1. The fourth-order valence-corrected chi connectivity index (χ4v) is 2.46. The second kappa shape index (κ2) is 5.93. The molecule has 0 radical (unpaired) electrons. The number of aryl methyl sites for hydroxylation is 1. The van der Waals surface area contributed by atoms with E-state index >= 15 is 0 Å². The van der Waals surface area contributed by atoms with E-state index in [1.165, 1.54) is 0 Å². The maximum absolute atomic E-state index is 12.3. The fourth-order valence-electron chi connectivity index (χ4n) is 2.46. The summed E-state index contributed by atoms with van der Waals surface area (Å²) in [6.45, 7) is 1.97. The van der Waals surface area contributed by atoms with E-state index in [1.807, 2.05) is 49.4 Å². The van der Waals surface area contributed by atoms with Gasteiger partial charge >= 0.3 is 0 Å². The van der Waals surface area contributed by atoms with Crippen molar-refractivity contribution < 1.29 is 13.9 Å². The predicted octanol–water partition coefficient (Wildman–Crippen LogP) is 3.93. The molecular formula is C18H17NO3. The van der Waals surface area contributed by atoms with Gasteiger partial charge in [-0.3, -0.25) is 4.79 Å². The highest BCUT2D eigenvalue weighted by atomic mass is 16.5. The average molecular weight is 295 g/mol. The fraction of sp³-hybridized carbons (Fsp3) is 0.167. The van der Waals surface area contributed by atoms with Crippen LogP contribution < -0.4 is 10.1 Å². The third-order valence-corrected chi connectivity index (χ3v) is 3.54. The molecule has 0 saturated carbocycles. The van der Waals surface area contributed by atoms with Gasteiger partial charge in [0.2, 0.25) is 5.91 Å². The Hall–Kier alpha value is -2.75. The molecule has 1 amide bonds. The maximum Gasteiger partial charge on any atom is 0.229 e. The van der Waals surface area contributed by atoms with Crippen molar-refractivity contribution in [2.24, 2.45) is 0 Å². The van der Waals surface area contributed by atoms with E-state index in [4.69, 9.17) is 9.15 Å². The summed E-state index contributed by atoms with van der Waals surface area (Å²) < 4.78 is 10.7. The zero-order chi connectivity index (χ0) is 15.5. The summed E-state index contributed by atoms with van der Waals surface area (Å²) in [5.41, 5.74) is 3.41. The van der Waals surface area contributed by atoms with Crippen LogP contribution in [0.15, 0.2) is 53.1 Å². The van der Waals surface area contributed by atoms with E-state index in [2.05, 4.69) is 5.32 Å². The second-order valence-corrected chi connectivity index (χ2v) is 5.19. The number of para-hydroxylation sites is 1. The average Bonchev–Trinajstić information content (AvgIpc) is 2.91. The summed E-state index contributed by atoms with van der Waals surface area (Å²) in [6.07, 6.45) is 1.89. The van der Waals surface area contributed by atoms with Crippen molar-refractivity contribution in [2.75, 3.05) is 12.4 Å². The molecule has 1 N–H and O–H groups in total. The summed E-state index contributed by atoms with van der Waals surface area (Å²) in [5.74, 6) is 0.548. The van der Waals surface area contributed by atoms with E-state index in [0.717, 1.165) is 22.1 Å². The van der Waals surface area contributed by atoms with E-state index < -0.39 is 0 Å². The van der Waals surface area contributed by atoms with Crippen molar-refractivity contribution in [1.29, 1.82) is 0 Å². The smallest absolute Gasteiger partial charge is 0.229 e. The molecule has 2 aromatic carbocycles. The summed E-state index contributed by atoms with van der Waals surface area (Å²) in [6, 6.07) is 13.4. The molecule has 0 spiro atoms. The Morgan fingerprint density at radius 1 is 1.23 bits per heavy atom. The summed E-state index contributed by atoms with van der Waals surface area (Å²) >= 11 is 0. The largest absolute Gasteiger partial charge is 0.495 e. The molecule has 0 aliphatic rings. The van der Waals surface area contributed by atoms with Crippen LogP contribution in [-0.2, 0) is 11.2 Å². The lowest BCUT2D eigenvalue weighted by molar-refractivity contribution is -0.115. The van der Waals surface area contributed by atoms with Gasteiger partial charge in [-0.2, -0.15) is 0 Å². The number of ether oxygens (including phenoxy) is 1. The van der Waals surface area contributed by atoms with Crippen LogP contribution in [0, 0.1) is 6.92 Å². The molecule has 0 unspecified atom stereocenters.